The zero-order valence-corrected chi connectivity index (χ0v) is 13.6. The molecule has 1 atom stereocenters. The van der Waals surface area contributed by atoms with E-state index in [1.807, 2.05) is 16.8 Å². The van der Waals surface area contributed by atoms with Crippen LogP contribution in [0, 0.1) is 13.8 Å². The van der Waals surface area contributed by atoms with Crippen LogP contribution in [0.3, 0.4) is 0 Å². The molecule has 0 radical (unpaired) electrons. The summed E-state index contributed by atoms with van der Waals surface area (Å²) in [6.07, 6.45) is 1.50. The summed E-state index contributed by atoms with van der Waals surface area (Å²) in [7, 11) is 0. The minimum Gasteiger partial charge on any atom is -0.466 e. The van der Waals surface area contributed by atoms with Gasteiger partial charge in [0.25, 0.3) is 5.91 Å². The Bertz CT molecular complexity index is 753. The minimum atomic E-state index is -1.41. The number of furan rings is 2. The Labute approximate surface area is 137 Å². The highest BCUT2D eigenvalue weighted by molar-refractivity contribution is 7.08. The number of rotatable bonds is 5. The molecule has 2 N–H and O–H groups in total. The van der Waals surface area contributed by atoms with Crippen molar-refractivity contribution in [2.45, 2.75) is 19.4 Å². The van der Waals surface area contributed by atoms with Crippen LogP contribution in [0.5, 0.6) is 0 Å². The van der Waals surface area contributed by atoms with Gasteiger partial charge in [-0.25, -0.2) is 0 Å². The van der Waals surface area contributed by atoms with E-state index in [2.05, 4.69) is 5.32 Å². The molecule has 6 heteroatoms. The Morgan fingerprint density at radius 2 is 2.22 bits per heavy atom. The summed E-state index contributed by atoms with van der Waals surface area (Å²) in [5.74, 6) is 1.32. The molecule has 5 nitrogen and oxygen atoms in total. The van der Waals surface area contributed by atoms with Gasteiger partial charge in [0.1, 0.15) is 17.3 Å². The number of amides is 1. The molecule has 120 valence electrons. The standard InChI is InChI=1S/C17H17NO4S/c1-11-8-14(12(2)22-11)16(19)18-10-17(20,13-5-7-23-9-13)15-4-3-6-21-15/h3-9,20H,10H2,1-2H3,(H,18,19). The maximum atomic E-state index is 12.4. The molecule has 1 amide bonds. The fraction of sp³-hybridized carbons (Fsp3) is 0.235. The Morgan fingerprint density at radius 3 is 2.78 bits per heavy atom. The van der Waals surface area contributed by atoms with Crippen LogP contribution in [0.2, 0.25) is 0 Å². The Balaban J connectivity index is 1.83. The summed E-state index contributed by atoms with van der Waals surface area (Å²) in [6.45, 7) is 3.52. The summed E-state index contributed by atoms with van der Waals surface area (Å²) in [4.78, 5) is 12.4. The van der Waals surface area contributed by atoms with Crippen LogP contribution in [0.1, 0.15) is 33.2 Å². The summed E-state index contributed by atoms with van der Waals surface area (Å²) in [5, 5.41) is 17.5. The zero-order chi connectivity index (χ0) is 16.4. The second-order valence-corrected chi connectivity index (χ2v) is 6.14. The lowest BCUT2D eigenvalue weighted by molar-refractivity contribution is 0.0528. The van der Waals surface area contributed by atoms with E-state index in [-0.39, 0.29) is 12.5 Å². The summed E-state index contributed by atoms with van der Waals surface area (Å²) < 4.78 is 10.7. The quantitative estimate of drug-likeness (QED) is 0.753. The third kappa shape index (κ3) is 2.95. The highest BCUT2D eigenvalue weighted by Gasteiger charge is 2.35. The van der Waals surface area contributed by atoms with Gasteiger partial charge < -0.3 is 19.3 Å². The van der Waals surface area contributed by atoms with Gasteiger partial charge in [-0.15, -0.1) is 0 Å². The maximum absolute atomic E-state index is 12.4. The highest BCUT2D eigenvalue weighted by atomic mass is 32.1. The van der Waals surface area contributed by atoms with Crippen molar-refractivity contribution in [3.63, 3.8) is 0 Å². The van der Waals surface area contributed by atoms with E-state index < -0.39 is 5.60 Å². The first-order valence-electron chi connectivity index (χ1n) is 7.15. The average Bonchev–Trinajstić information content (AvgIpc) is 3.26. The molecule has 3 heterocycles. The van der Waals surface area contributed by atoms with Crippen LogP contribution in [-0.2, 0) is 5.60 Å². The molecule has 3 aromatic heterocycles. The predicted molar refractivity (Wildman–Crippen MR) is 86.5 cm³/mol. The second kappa shape index (κ2) is 6.06. The monoisotopic (exact) mass is 331 g/mol. The molecule has 0 aliphatic carbocycles. The van der Waals surface area contributed by atoms with Crippen LogP contribution in [-0.4, -0.2) is 17.6 Å². The van der Waals surface area contributed by atoms with Crippen molar-refractivity contribution >= 4 is 17.2 Å². The van der Waals surface area contributed by atoms with Crippen LogP contribution in [0.4, 0.5) is 0 Å². The van der Waals surface area contributed by atoms with Crippen molar-refractivity contribution in [2.75, 3.05) is 6.54 Å². The molecule has 1 unspecified atom stereocenters. The first-order valence-corrected chi connectivity index (χ1v) is 8.09. The molecular weight excluding hydrogens is 314 g/mol. The van der Waals surface area contributed by atoms with E-state index in [1.54, 1.807) is 32.0 Å². The van der Waals surface area contributed by atoms with Crippen molar-refractivity contribution in [3.8, 4) is 0 Å². The van der Waals surface area contributed by atoms with Gasteiger partial charge in [-0.05, 0) is 48.9 Å². The second-order valence-electron chi connectivity index (χ2n) is 5.36. The van der Waals surface area contributed by atoms with Gasteiger partial charge in [0.2, 0.25) is 0 Å². The minimum absolute atomic E-state index is 0.000250. The van der Waals surface area contributed by atoms with Crippen LogP contribution >= 0.6 is 11.3 Å². The van der Waals surface area contributed by atoms with Gasteiger partial charge in [-0.1, -0.05) is 0 Å². The van der Waals surface area contributed by atoms with Crippen molar-refractivity contribution in [1.82, 2.24) is 5.32 Å². The molecule has 0 bridgehead atoms. The van der Waals surface area contributed by atoms with Crippen LogP contribution < -0.4 is 5.32 Å². The first kappa shape index (κ1) is 15.6. The normalized spacial score (nSPS) is 13.7. The molecule has 0 spiro atoms. The van der Waals surface area contributed by atoms with Gasteiger partial charge in [0.15, 0.2) is 5.60 Å². The molecule has 23 heavy (non-hydrogen) atoms. The third-order valence-corrected chi connectivity index (χ3v) is 4.40. The van der Waals surface area contributed by atoms with Gasteiger partial charge in [0, 0.05) is 5.56 Å². The number of thiophene rings is 1. The average molecular weight is 331 g/mol. The molecule has 3 rings (SSSR count). The van der Waals surface area contributed by atoms with Crippen molar-refractivity contribution < 1.29 is 18.7 Å². The van der Waals surface area contributed by atoms with Gasteiger partial charge >= 0.3 is 0 Å². The van der Waals surface area contributed by atoms with E-state index in [4.69, 9.17) is 8.83 Å². The lowest BCUT2D eigenvalue weighted by Gasteiger charge is -2.25. The fourth-order valence-corrected chi connectivity index (χ4v) is 3.23. The van der Waals surface area contributed by atoms with E-state index in [0.717, 1.165) is 0 Å². The highest BCUT2D eigenvalue weighted by Crippen LogP contribution is 2.31. The van der Waals surface area contributed by atoms with Crippen LogP contribution in [0.25, 0.3) is 0 Å². The zero-order valence-electron chi connectivity index (χ0n) is 12.8. The summed E-state index contributed by atoms with van der Waals surface area (Å²) >= 11 is 1.47. The van der Waals surface area contributed by atoms with Gasteiger partial charge in [0.05, 0.1) is 18.4 Å². The first-order chi connectivity index (χ1) is 11.0. The number of carbonyl (C=O) groups excluding carboxylic acids is 1. The number of nitrogens with one attached hydrogen (secondary N) is 1. The Hall–Kier alpha value is -2.31. The molecule has 0 aliphatic rings. The molecule has 0 aromatic carbocycles. The Morgan fingerprint density at radius 1 is 1.39 bits per heavy atom. The van der Waals surface area contributed by atoms with E-state index in [0.29, 0.717) is 28.4 Å². The number of hydrogen-bond donors (Lipinski definition) is 2. The molecule has 0 fully saturated rings. The van der Waals surface area contributed by atoms with Crippen molar-refractivity contribution in [1.29, 1.82) is 0 Å². The molecule has 0 saturated carbocycles. The fourth-order valence-electron chi connectivity index (χ4n) is 2.50. The van der Waals surface area contributed by atoms with E-state index in [1.165, 1.54) is 17.6 Å². The van der Waals surface area contributed by atoms with Gasteiger partial charge in [-0.2, -0.15) is 11.3 Å². The lowest BCUT2D eigenvalue weighted by atomic mass is 9.93. The maximum Gasteiger partial charge on any atom is 0.254 e. The third-order valence-electron chi connectivity index (χ3n) is 3.72. The van der Waals surface area contributed by atoms with E-state index in [9.17, 15) is 9.90 Å². The van der Waals surface area contributed by atoms with Crippen LogP contribution in [0.15, 0.2) is 50.1 Å². The number of hydrogen-bond acceptors (Lipinski definition) is 5. The lowest BCUT2D eigenvalue weighted by Crippen LogP contribution is -2.41. The molecule has 3 aromatic rings. The molecule has 0 saturated heterocycles. The number of carbonyl (C=O) groups is 1. The predicted octanol–water partition coefficient (Wildman–Crippen LogP) is 3.22. The smallest absolute Gasteiger partial charge is 0.254 e. The summed E-state index contributed by atoms with van der Waals surface area (Å²) in [5.41, 5.74) is -0.265. The van der Waals surface area contributed by atoms with Crippen molar-refractivity contribution in [2.24, 2.45) is 0 Å². The largest absolute Gasteiger partial charge is 0.466 e. The summed E-state index contributed by atoms with van der Waals surface area (Å²) in [6, 6.07) is 6.89. The van der Waals surface area contributed by atoms with Crippen molar-refractivity contribution in [3.05, 3.63) is 69.7 Å². The number of aryl methyl sites for hydroxylation is 2. The van der Waals surface area contributed by atoms with E-state index >= 15 is 0 Å². The topological polar surface area (TPSA) is 75.6 Å². The Kier molecular flexibility index (Phi) is 4.11. The molecule has 0 aliphatic heterocycles. The number of aliphatic hydroxyl groups is 1. The molecular formula is C17H17NO4S. The SMILES string of the molecule is Cc1cc(C(=O)NCC(O)(c2ccsc2)c2ccco2)c(C)o1. The van der Waals surface area contributed by atoms with Gasteiger partial charge in [-0.3, -0.25) is 4.79 Å².